The molecule has 42 heavy (non-hydrogen) atoms. The van der Waals surface area contributed by atoms with Crippen LogP contribution in [0.5, 0.6) is 0 Å². The van der Waals surface area contributed by atoms with Gasteiger partial charge in [0.1, 0.15) is 12.1 Å². The molecule has 1 aromatic heterocycles. The lowest BCUT2D eigenvalue weighted by atomic mass is 9.85. The molecular formula is C32H47BrN4O4S. The second kappa shape index (κ2) is 16.5. The highest BCUT2D eigenvalue weighted by atomic mass is 79.9. The SMILES string of the molecule is Cc1ncsc1-c1ccc(CNC(=O)[C@@H]2C[C@@H](O)CN2C(=O)[C@@H](NC(=O)CCCCCCCCCBr)C(C)(C)C)cc1. The summed E-state index contributed by atoms with van der Waals surface area (Å²) in [6, 6.07) is 6.38. The number of amides is 3. The average molecular weight is 664 g/mol. The molecule has 232 valence electrons. The van der Waals surface area contributed by atoms with E-state index in [-0.39, 0.29) is 30.7 Å². The lowest BCUT2D eigenvalue weighted by molar-refractivity contribution is -0.144. The number of β-amino-alcohol motifs (C(OH)–C–C–N with tert-alkyl or cyclic N) is 1. The molecule has 3 atom stereocenters. The van der Waals surface area contributed by atoms with Crippen LogP contribution < -0.4 is 10.6 Å². The monoisotopic (exact) mass is 662 g/mol. The lowest BCUT2D eigenvalue weighted by Crippen LogP contribution is -2.57. The number of thiazole rings is 1. The molecule has 2 heterocycles. The Morgan fingerprint density at radius 1 is 1.07 bits per heavy atom. The summed E-state index contributed by atoms with van der Waals surface area (Å²) in [4.78, 5) is 46.7. The average Bonchev–Trinajstić information content (AvgIpc) is 3.56. The number of carbonyl (C=O) groups is 3. The molecule has 0 bridgehead atoms. The molecule has 1 saturated heterocycles. The second-order valence-corrected chi connectivity index (χ2v) is 14.0. The fourth-order valence-corrected chi connectivity index (χ4v) is 6.49. The van der Waals surface area contributed by atoms with E-state index in [0.29, 0.717) is 13.0 Å². The molecule has 3 amide bonds. The quantitative estimate of drug-likeness (QED) is 0.166. The maximum absolute atomic E-state index is 13.8. The van der Waals surface area contributed by atoms with Crippen molar-refractivity contribution in [1.29, 1.82) is 0 Å². The zero-order valence-corrected chi connectivity index (χ0v) is 27.9. The number of nitrogens with one attached hydrogen (secondary N) is 2. The van der Waals surface area contributed by atoms with Crippen LogP contribution in [0.2, 0.25) is 0 Å². The van der Waals surface area contributed by atoms with Gasteiger partial charge in [0.05, 0.1) is 22.2 Å². The maximum Gasteiger partial charge on any atom is 0.246 e. The number of nitrogens with zero attached hydrogens (tertiary/aromatic N) is 2. The first-order valence-corrected chi connectivity index (χ1v) is 17.1. The van der Waals surface area contributed by atoms with E-state index < -0.39 is 23.6 Å². The van der Waals surface area contributed by atoms with E-state index in [2.05, 4.69) is 31.5 Å². The van der Waals surface area contributed by atoms with Gasteiger partial charge in [-0.1, -0.05) is 93.1 Å². The zero-order valence-electron chi connectivity index (χ0n) is 25.5. The number of benzene rings is 1. The number of carbonyl (C=O) groups excluding carboxylic acids is 3. The van der Waals surface area contributed by atoms with Gasteiger partial charge in [-0.3, -0.25) is 14.4 Å². The Hall–Kier alpha value is -2.30. The van der Waals surface area contributed by atoms with Crippen LogP contribution in [0.25, 0.3) is 10.4 Å². The van der Waals surface area contributed by atoms with Gasteiger partial charge >= 0.3 is 0 Å². The van der Waals surface area contributed by atoms with Crippen LogP contribution in [0.15, 0.2) is 29.8 Å². The van der Waals surface area contributed by atoms with Gasteiger partial charge in [0.15, 0.2) is 0 Å². The lowest BCUT2D eigenvalue weighted by Gasteiger charge is -2.35. The fourth-order valence-electron chi connectivity index (χ4n) is 5.28. The summed E-state index contributed by atoms with van der Waals surface area (Å²) in [6.45, 7) is 8.07. The van der Waals surface area contributed by atoms with Gasteiger partial charge in [-0.15, -0.1) is 11.3 Å². The molecule has 0 saturated carbocycles. The predicted molar refractivity (Wildman–Crippen MR) is 172 cm³/mol. The molecule has 1 aromatic carbocycles. The normalized spacial score (nSPS) is 17.7. The van der Waals surface area contributed by atoms with Gasteiger partial charge in [-0.2, -0.15) is 0 Å². The number of unbranched alkanes of at least 4 members (excludes halogenated alkanes) is 6. The minimum absolute atomic E-state index is 0.0668. The number of hydrogen-bond donors (Lipinski definition) is 3. The van der Waals surface area contributed by atoms with Crippen molar-refractivity contribution >= 4 is 45.0 Å². The molecule has 1 aliphatic rings. The third-order valence-electron chi connectivity index (χ3n) is 7.75. The molecule has 8 nitrogen and oxygen atoms in total. The molecule has 1 aliphatic heterocycles. The van der Waals surface area contributed by atoms with E-state index >= 15 is 0 Å². The van der Waals surface area contributed by atoms with Crippen molar-refractivity contribution in [2.45, 2.75) is 110 Å². The number of aryl methyl sites for hydroxylation is 1. The Balaban J connectivity index is 1.54. The molecule has 3 N–H and O–H groups in total. The molecule has 0 spiro atoms. The molecule has 0 radical (unpaired) electrons. The van der Waals surface area contributed by atoms with Gasteiger partial charge in [0, 0.05) is 31.3 Å². The van der Waals surface area contributed by atoms with E-state index in [4.69, 9.17) is 0 Å². The number of likely N-dealkylation sites (tertiary alicyclic amines) is 1. The predicted octanol–water partition coefficient (Wildman–Crippen LogP) is 5.74. The van der Waals surface area contributed by atoms with Crippen molar-refractivity contribution in [2.75, 3.05) is 11.9 Å². The van der Waals surface area contributed by atoms with Crippen LogP contribution in [0, 0.1) is 12.3 Å². The highest BCUT2D eigenvalue weighted by Crippen LogP contribution is 2.28. The smallest absolute Gasteiger partial charge is 0.246 e. The Morgan fingerprint density at radius 2 is 1.71 bits per heavy atom. The van der Waals surface area contributed by atoms with E-state index in [9.17, 15) is 19.5 Å². The topological polar surface area (TPSA) is 112 Å². The van der Waals surface area contributed by atoms with Gasteiger partial charge < -0.3 is 20.6 Å². The third-order valence-corrected chi connectivity index (χ3v) is 9.29. The van der Waals surface area contributed by atoms with Gasteiger partial charge in [0.2, 0.25) is 17.7 Å². The number of hydrogen-bond acceptors (Lipinski definition) is 6. The number of halogens is 1. The van der Waals surface area contributed by atoms with Crippen LogP contribution in [0.3, 0.4) is 0 Å². The van der Waals surface area contributed by atoms with Gasteiger partial charge in [-0.05, 0) is 36.3 Å². The Labute approximate surface area is 263 Å². The minimum atomic E-state index is -0.794. The summed E-state index contributed by atoms with van der Waals surface area (Å²) in [5.74, 6) is -0.790. The number of rotatable bonds is 15. The summed E-state index contributed by atoms with van der Waals surface area (Å²) in [6.07, 6.45) is 7.45. The zero-order chi connectivity index (χ0) is 30.7. The summed E-state index contributed by atoms with van der Waals surface area (Å²) < 4.78 is 0. The van der Waals surface area contributed by atoms with E-state index in [1.54, 1.807) is 11.3 Å². The van der Waals surface area contributed by atoms with E-state index in [0.717, 1.165) is 46.3 Å². The Bertz CT molecular complexity index is 1160. The standard InChI is InChI=1S/C32H47BrN4O4S/c1-22-28(42-21-35-22)24-15-13-23(14-16-24)19-34-30(40)26-18-25(38)20-37(26)31(41)29(32(2,3)4)36-27(39)12-10-8-6-5-7-9-11-17-33/h13-16,21,25-26,29,38H,5-12,17-20H2,1-4H3,(H,34,40)(H,36,39)/t25-,26+,29-/m1/s1. The third kappa shape index (κ3) is 10.2. The summed E-state index contributed by atoms with van der Waals surface area (Å²) in [5, 5.41) is 17.4. The van der Waals surface area contributed by atoms with Crippen LogP contribution >= 0.6 is 27.3 Å². The number of aromatic nitrogens is 1. The van der Waals surface area contributed by atoms with Gasteiger partial charge in [0.25, 0.3) is 0 Å². The molecule has 0 unspecified atom stereocenters. The fraction of sp³-hybridized carbons (Fsp3) is 0.625. The van der Waals surface area contributed by atoms with Crippen molar-refractivity contribution in [1.82, 2.24) is 20.5 Å². The highest BCUT2D eigenvalue weighted by molar-refractivity contribution is 9.09. The summed E-state index contributed by atoms with van der Waals surface area (Å²) in [5.41, 5.74) is 4.27. The van der Waals surface area contributed by atoms with E-state index in [1.165, 1.54) is 30.6 Å². The molecule has 3 rings (SSSR count). The first kappa shape index (κ1) is 34.2. The van der Waals surface area contributed by atoms with Crippen LogP contribution in [0.1, 0.15) is 89.8 Å². The second-order valence-electron chi connectivity index (χ2n) is 12.4. The van der Waals surface area contributed by atoms with E-state index in [1.807, 2.05) is 57.5 Å². The van der Waals surface area contributed by atoms with Gasteiger partial charge in [-0.25, -0.2) is 4.98 Å². The highest BCUT2D eigenvalue weighted by Gasteiger charge is 2.44. The van der Waals surface area contributed by atoms with Crippen molar-refractivity contribution in [3.63, 3.8) is 0 Å². The summed E-state index contributed by atoms with van der Waals surface area (Å²) in [7, 11) is 0. The van der Waals surface area contributed by atoms with Crippen molar-refractivity contribution in [3.8, 4) is 10.4 Å². The first-order chi connectivity index (χ1) is 20.0. The minimum Gasteiger partial charge on any atom is -0.391 e. The number of alkyl halides is 1. The summed E-state index contributed by atoms with van der Waals surface area (Å²) >= 11 is 5.05. The first-order valence-electron chi connectivity index (χ1n) is 15.1. The Kier molecular flexibility index (Phi) is 13.5. The van der Waals surface area contributed by atoms with Crippen molar-refractivity contribution in [3.05, 3.63) is 41.0 Å². The molecular weight excluding hydrogens is 616 g/mol. The van der Waals surface area contributed by atoms with Crippen LogP contribution in [0.4, 0.5) is 0 Å². The van der Waals surface area contributed by atoms with Crippen LogP contribution in [-0.4, -0.2) is 62.8 Å². The van der Waals surface area contributed by atoms with Crippen LogP contribution in [-0.2, 0) is 20.9 Å². The molecule has 10 heteroatoms. The number of aliphatic hydroxyl groups is 1. The molecule has 2 aromatic rings. The van der Waals surface area contributed by atoms with Crippen molar-refractivity contribution in [2.24, 2.45) is 5.41 Å². The molecule has 1 fully saturated rings. The largest absolute Gasteiger partial charge is 0.391 e. The Morgan fingerprint density at radius 3 is 2.31 bits per heavy atom. The number of aliphatic hydroxyl groups excluding tert-OH is 1. The molecule has 0 aliphatic carbocycles. The van der Waals surface area contributed by atoms with Crippen molar-refractivity contribution < 1.29 is 19.5 Å². The maximum atomic E-state index is 13.8.